The van der Waals surface area contributed by atoms with Gasteiger partial charge in [0.2, 0.25) is 0 Å². The van der Waals surface area contributed by atoms with Crippen LogP contribution < -0.4 is 5.73 Å². The van der Waals surface area contributed by atoms with E-state index in [-0.39, 0.29) is 6.04 Å². The van der Waals surface area contributed by atoms with Crippen LogP contribution in [0.1, 0.15) is 51.1 Å². The van der Waals surface area contributed by atoms with Gasteiger partial charge in [-0.05, 0) is 32.0 Å². The molecule has 0 radical (unpaired) electrons. The van der Waals surface area contributed by atoms with Gasteiger partial charge in [0.25, 0.3) is 0 Å². The molecule has 0 aliphatic carbocycles. The van der Waals surface area contributed by atoms with Crippen molar-refractivity contribution in [1.29, 1.82) is 0 Å². The van der Waals surface area contributed by atoms with E-state index < -0.39 is 0 Å². The van der Waals surface area contributed by atoms with Gasteiger partial charge < -0.3 is 10.6 Å². The van der Waals surface area contributed by atoms with E-state index in [1.807, 2.05) is 6.07 Å². The molecule has 0 heterocycles. The van der Waals surface area contributed by atoms with Gasteiger partial charge in [-0.2, -0.15) is 0 Å². The molecule has 0 aliphatic heterocycles. The summed E-state index contributed by atoms with van der Waals surface area (Å²) in [6.45, 7) is 5.61. The molecule has 102 valence electrons. The van der Waals surface area contributed by atoms with E-state index in [4.69, 9.17) is 5.73 Å². The van der Waals surface area contributed by atoms with Crippen LogP contribution in [0.5, 0.6) is 0 Å². The van der Waals surface area contributed by atoms with E-state index in [0.29, 0.717) is 6.04 Å². The second-order valence-electron chi connectivity index (χ2n) is 5.10. The summed E-state index contributed by atoms with van der Waals surface area (Å²) in [4.78, 5) is 2.42. The van der Waals surface area contributed by atoms with Crippen LogP contribution in [0.15, 0.2) is 30.3 Å². The maximum absolute atomic E-state index is 6.41. The largest absolute Gasteiger partial charge is 0.323 e. The van der Waals surface area contributed by atoms with Crippen LogP contribution in [0.25, 0.3) is 0 Å². The predicted octanol–water partition coefficient (Wildman–Crippen LogP) is 3.59. The molecule has 0 saturated carbocycles. The zero-order valence-corrected chi connectivity index (χ0v) is 12.1. The van der Waals surface area contributed by atoms with Crippen LogP contribution in [-0.2, 0) is 0 Å². The number of hydrogen-bond acceptors (Lipinski definition) is 2. The summed E-state index contributed by atoms with van der Waals surface area (Å²) in [7, 11) is 2.20. The van der Waals surface area contributed by atoms with Crippen LogP contribution in [0.2, 0.25) is 0 Å². The Hall–Kier alpha value is -0.860. The fourth-order valence-corrected chi connectivity index (χ4v) is 2.51. The zero-order valence-electron chi connectivity index (χ0n) is 12.1. The van der Waals surface area contributed by atoms with Crippen LogP contribution in [0, 0.1) is 0 Å². The normalized spacial score (nSPS) is 14.7. The topological polar surface area (TPSA) is 29.3 Å². The molecule has 18 heavy (non-hydrogen) atoms. The van der Waals surface area contributed by atoms with Crippen LogP contribution in [0.4, 0.5) is 0 Å². The Morgan fingerprint density at radius 3 is 2.33 bits per heavy atom. The van der Waals surface area contributed by atoms with Gasteiger partial charge in [-0.1, -0.05) is 57.0 Å². The van der Waals surface area contributed by atoms with E-state index in [1.54, 1.807) is 0 Å². The van der Waals surface area contributed by atoms with Gasteiger partial charge in [0, 0.05) is 12.1 Å². The van der Waals surface area contributed by atoms with Gasteiger partial charge >= 0.3 is 0 Å². The minimum Gasteiger partial charge on any atom is -0.323 e. The van der Waals surface area contributed by atoms with Gasteiger partial charge in [-0.3, -0.25) is 0 Å². The van der Waals surface area contributed by atoms with Crippen molar-refractivity contribution in [2.24, 2.45) is 5.73 Å². The fourth-order valence-electron chi connectivity index (χ4n) is 2.51. The second-order valence-corrected chi connectivity index (χ2v) is 5.10. The first-order valence-electron chi connectivity index (χ1n) is 7.21. The van der Waals surface area contributed by atoms with E-state index in [0.717, 1.165) is 13.0 Å². The van der Waals surface area contributed by atoms with Gasteiger partial charge in [-0.25, -0.2) is 0 Å². The van der Waals surface area contributed by atoms with E-state index in [1.165, 1.54) is 24.8 Å². The Kier molecular flexibility index (Phi) is 6.99. The molecule has 0 amide bonds. The molecule has 2 nitrogen and oxygen atoms in total. The molecule has 0 aromatic heterocycles. The maximum atomic E-state index is 6.41. The average Bonchev–Trinajstić information content (AvgIpc) is 2.41. The van der Waals surface area contributed by atoms with Crippen molar-refractivity contribution in [3.05, 3.63) is 35.9 Å². The molecular weight excluding hydrogens is 220 g/mol. The molecule has 2 N–H and O–H groups in total. The number of unbranched alkanes of at least 4 members (excludes halogenated alkanes) is 2. The maximum Gasteiger partial charge on any atom is 0.0452 e. The number of hydrogen-bond donors (Lipinski definition) is 1. The SMILES string of the molecule is CCCCCN(C)C(CC)C(N)c1ccccc1. The van der Waals surface area contributed by atoms with Gasteiger partial charge in [-0.15, -0.1) is 0 Å². The Balaban J connectivity index is 2.59. The monoisotopic (exact) mass is 248 g/mol. The van der Waals surface area contributed by atoms with Crippen LogP contribution >= 0.6 is 0 Å². The highest BCUT2D eigenvalue weighted by Crippen LogP contribution is 2.20. The van der Waals surface area contributed by atoms with Gasteiger partial charge in [0.1, 0.15) is 0 Å². The van der Waals surface area contributed by atoms with E-state index in [2.05, 4.69) is 50.1 Å². The third kappa shape index (κ3) is 4.43. The van der Waals surface area contributed by atoms with Crippen molar-refractivity contribution in [3.63, 3.8) is 0 Å². The number of likely N-dealkylation sites (N-methyl/N-ethyl adjacent to an activating group) is 1. The summed E-state index contributed by atoms with van der Waals surface area (Å²) in [6, 6.07) is 11.0. The Morgan fingerprint density at radius 1 is 1.11 bits per heavy atom. The molecule has 1 aromatic rings. The first-order valence-corrected chi connectivity index (χ1v) is 7.21. The molecule has 0 bridgehead atoms. The standard InChI is InChI=1S/C16H28N2/c1-4-6-10-13-18(3)15(5-2)16(17)14-11-8-7-9-12-14/h7-9,11-12,15-16H,4-6,10,13,17H2,1-3H3. The smallest absolute Gasteiger partial charge is 0.0452 e. The van der Waals surface area contributed by atoms with Crippen LogP contribution in [-0.4, -0.2) is 24.5 Å². The summed E-state index contributed by atoms with van der Waals surface area (Å²) in [5, 5.41) is 0. The summed E-state index contributed by atoms with van der Waals surface area (Å²) in [6.07, 6.45) is 4.94. The van der Waals surface area contributed by atoms with Crippen molar-refractivity contribution in [2.45, 2.75) is 51.6 Å². The molecule has 0 saturated heterocycles. The summed E-state index contributed by atoms with van der Waals surface area (Å²) in [5.41, 5.74) is 7.66. The Bertz CT molecular complexity index is 310. The minimum absolute atomic E-state index is 0.114. The lowest BCUT2D eigenvalue weighted by molar-refractivity contribution is 0.201. The van der Waals surface area contributed by atoms with E-state index in [9.17, 15) is 0 Å². The zero-order chi connectivity index (χ0) is 13.4. The summed E-state index contributed by atoms with van der Waals surface area (Å²) >= 11 is 0. The van der Waals surface area contributed by atoms with E-state index >= 15 is 0 Å². The fraction of sp³-hybridized carbons (Fsp3) is 0.625. The molecule has 0 aliphatic rings. The van der Waals surface area contributed by atoms with Gasteiger partial charge in [0.15, 0.2) is 0 Å². The van der Waals surface area contributed by atoms with Crippen molar-refractivity contribution < 1.29 is 0 Å². The predicted molar refractivity (Wildman–Crippen MR) is 79.6 cm³/mol. The van der Waals surface area contributed by atoms with Crippen molar-refractivity contribution in [3.8, 4) is 0 Å². The number of nitrogens with zero attached hydrogens (tertiary/aromatic N) is 1. The third-order valence-electron chi connectivity index (χ3n) is 3.70. The highest BCUT2D eigenvalue weighted by molar-refractivity contribution is 5.20. The van der Waals surface area contributed by atoms with Crippen molar-refractivity contribution >= 4 is 0 Å². The molecular formula is C16H28N2. The Labute approximate surface area is 112 Å². The molecule has 1 aromatic carbocycles. The number of rotatable bonds is 8. The first kappa shape index (κ1) is 15.2. The summed E-state index contributed by atoms with van der Waals surface area (Å²) in [5.74, 6) is 0. The number of nitrogens with two attached hydrogens (primary N) is 1. The molecule has 0 spiro atoms. The molecule has 2 unspecified atom stereocenters. The minimum atomic E-state index is 0.114. The third-order valence-corrected chi connectivity index (χ3v) is 3.70. The Morgan fingerprint density at radius 2 is 1.78 bits per heavy atom. The van der Waals surface area contributed by atoms with Gasteiger partial charge in [0.05, 0.1) is 0 Å². The second kappa shape index (κ2) is 8.28. The number of benzene rings is 1. The lowest BCUT2D eigenvalue weighted by Gasteiger charge is -2.32. The van der Waals surface area contributed by atoms with Crippen LogP contribution in [0.3, 0.4) is 0 Å². The quantitative estimate of drug-likeness (QED) is 0.712. The van der Waals surface area contributed by atoms with Crippen molar-refractivity contribution in [2.75, 3.05) is 13.6 Å². The van der Waals surface area contributed by atoms with Crippen molar-refractivity contribution in [1.82, 2.24) is 4.90 Å². The molecule has 0 fully saturated rings. The lowest BCUT2D eigenvalue weighted by atomic mass is 9.97. The molecule has 2 heteroatoms. The molecule has 1 rings (SSSR count). The molecule has 2 atom stereocenters. The lowest BCUT2D eigenvalue weighted by Crippen LogP contribution is -2.40. The first-order chi connectivity index (χ1) is 8.70. The highest BCUT2D eigenvalue weighted by atomic mass is 15.1. The highest BCUT2D eigenvalue weighted by Gasteiger charge is 2.21. The average molecular weight is 248 g/mol. The summed E-state index contributed by atoms with van der Waals surface area (Å²) < 4.78 is 0.